The van der Waals surface area contributed by atoms with Gasteiger partial charge in [0.1, 0.15) is 19.0 Å². The zero-order chi connectivity index (χ0) is 14.1. The van der Waals surface area contributed by atoms with E-state index in [1.165, 1.54) is 12.4 Å². The molecule has 0 aliphatic heterocycles. The molecule has 0 aromatic carbocycles. The molecule has 0 aliphatic carbocycles. The van der Waals surface area contributed by atoms with Crippen LogP contribution in [0.5, 0.6) is 5.75 Å². The molecule has 1 aromatic heterocycles. The number of rotatable bonds is 5. The second kappa shape index (κ2) is 7.87. The fourth-order valence-corrected chi connectivity index (χ4v) is 1.17. The average molecular weight is 294 g/mol. The van der Waals surface area contributed by atoms with Crippen LogP contribution in [0.2, 0.25) is 0 Å². The fourth-order valence-electron chi connectivity index (χ4n) is 1.11. The van der Waals surface area contributed by atoms with Crippen molar-refractivity contribution in [1.29, 1.82) is 0 Å². The van der Waals surface area contributed by atoms with Crippen LogP contribution in [0, 0.1) is 11.8 Å². The van der Waals surface area contributed by atoms with E-state index in [9.17, 15) is 13.2 Å². The van der Waals surface area contributed by atoms with Gasteiger partial charge in [-0.2, -0.15) is 13.2 Å². The molecule has 0 atom stereocenters. The number of alkyl halides is 4. The van der Waals surface area contributed by atoms with Gasteiger partial charge in [-0.15, -0.1) is 11.6 Å². The lowest BCUT2D eigenvalue weighted by molar-refractivity contribution is -0.175. The van der Waals surface area contributed by atoms with Crippen molar-refractivity contribution in [2.75, 3.05) is 25.7 Å². The molecule has 0 aliphatic rings. The molecule has 0 amide bonds. The molecule has 0 N–H and O–H groups in total. The molecule has 7 heteroatoms. The summed E-state index contributed by atoms with van der Waals surface area (Å²) in [6.07, 6.45) is -1.35. The predicted octanol–water partition coefficient (Wildman–Crippen LogP) is 2.63. The normalized spacial score (nSPS) is 10.7. The molecule has 0 saturated heterocycles. The molecule has 3 nitrogen and oxygen atoms in total. The second-order valence-corrected chi connectivity index (χ2v) is 3.63. The maximum atomic E-state index is 11.8. The first-order valence-electron chi connectivity index (χ1n) is 5.28. The summed E-state index contributed by atoms with van der Waals surface area (Å²) in [5.74, 6) is 6.03. The molecule has 1 aromatic rings. The Morgan fingerprint density at radius 3 is 2.74 bits per heavy atom. The Labute approximate surface area is 113 Å². The van der Waals surface area contributed by atoms with Crippen LogP contribution in [0.15, 0.2) is 18.5 Å². The quantitative estimate of drug-likeness (QED) is 0.475. The summed E-state index contributed by atoms with van der Waals surface area (Å²) >= 11 is 5.41. The number of hydrogen-bond donors (Lipinski definition) is 0. The van der Waals surface area contributed by atoms with Gasteiger partial charge in [-0.25, -0.2) is 0 Å². The zero-order valence-corrected chi connectivity index (χ0v) is 10.6. The van der Waals surface area contributed by atoms with Gasteiger partial charge in [-0.05, 0) is 6.07 Å². The highest BCUT2D eigenvalue weighted by molar-refractivity contribution is 6.19. The topological polar surface area (TPSA) is 31.4 Å². The monoisotopic (exact) mass is 293 g/mol. The van der Waals surface area contributed by atoms with E-state index in [1.54, 1.807) is 6.07 Å². The fraction of sp³-hybridized carbons (Fsp3) is 0.417. The first-order chi connectivity index (χ1) is 9.01. The van der Waals surface area contributed by atoms with Gasteiger partial charge in [0, 0.05) is 11.8 Å². The molecule has 19 heavy (non-hydrogen) atoms. The van der Waals surface area contributed by atoms with Crippen molar-refractivity contribution in [1.82, 2.24) is 4.98 Å². The van der Waals surface area contributed by atoms with E-state index in [2.05, 4.69) is 21.6 Å². The molecule has 1 heterocycles. The summed E-state index contributed by atoms with van der Waals surface area (Å²) in [6.45, 7) is -1.43. The Morgan fingerprint density at radius 2 is 2.05 bits per heavy atom. The predicted molar refractivity (Wildman–Crippen MR) is 64.2 cm³/mol. The molecule has 0 saturated carbocycles. The van der Waals surface area contributed by atoms with Crippen LogP contribution in [-0.2, 0) is 4.74 Å². The van der Waals surface area contributed by atoms with E-state index in [0.717, 1.165) is 0 Å². The van der Waals surface area contributed by atoms with Gasteiger partial charge < -0.3 is 9.47 Å². The average Bonchev–Trinajstić information content (AvgIpc) is 2.35. The van der Waals surface area contributed by atoms with Crippen molar-refractivity contribution >= 4 is 11.6 Å². The van der Waals surface area contributed by atoms with Crippen LogP contribution in [0.3, 0.4) is 0 Å². The largest absolute Gasteiger partial charge is 0.490 e. The molecular formula is C12H11ClF3NO2. The smallest absolute Gasteiger partial charge is 0.411 e. The van der Waals surface area contributed by atoms with Gasteiger partial charge in [0.05, 0.1) is 18.7 Å². The van der Waals surface area contributed by atoms with Gasteiger partial charge in [0.2, 0.25) is 0 Å². The summed E-state index contributed by atoms with van der Waals surface area (Å²) in [6, 6.07) is 1.62. The van der Waals surface area contributed by atoms with Crippen molar-refractivity contribution in [3.8, 4) is 17.6 Å². The third-order valence-corrected chi connectivity index (χ3v) is 1.91. The summed E-state index contributed by atoms with van der Waals surface area (Å²) in [5, 5.41) is 0. The van der Waals surface area contributed by atoms with Gasteiger partial charge in [0.15, 0.2) is 0 Å². The van der Waals surface area contributed by atoms with E-state index < -0.39 is 12.8 Å². The SMILES string of the molecule is FC(F)(F)COCCOc1cncc(C#CCCl)c1. The number of halogens is 4. The third-order valence-electron chi connectivity index (χ3n) is 1.77. The lowest BCUT2D eigenvalue weighted by atomic mass is 10.3. The lowest BCUT2D eigenvalue weighted by Crippen LogP contribution is -2.19. The first kappa shape index (κ1) is 15.6. The maximum Gasteiger partial charge on any atom is 0.411 e. The van der Waals surface area contributed by atoms with Gasteiger partial charge in [-0.1, -0.05) is 11.8 Å². The number of hydrogen-bond acceptors (Lipinski definition) is 3. The molecule has 0 bridgehead atoms. The molecule has 0 fully saturated rings. The van der Waals surface area contributed by atoms with Gasteiger partial charge >= 0.3 is 6.18 Å². The van der Waals surface area contributed by atoms with E-state index in [1.807, 2.05) is 0 Å². The third kappa shape index (κ3) is 7.54. The lowest BCUT2D eigenvalue weighted by Gasteiger charge is -2.08. The Morgan fingerprint density at radius 1 is 1.26 bits per heavy atom. The van der Waals surface area contributed by atoms with Crippen LogP contribution in [-0.4, -0.2) is 36.9 Å². The minimum absolute atomic E-state index is 0.00412. The minimum atomic E-state index is -4.32. The molecule has 0 unspecified atom stereocenters. The highest BCUT2D eigenvalue weighted by Gasteiger charge is 2.27. The first-order valence-corrected chi connectivity index (χ1v) is 5.82. The zero-order valence-electron chi connectivity index (χ0n) is 9.84. The van der Waals surface area contributed by atoms with Crippen molar-refractivity contribution in [3.05, 3.63) is 24.0 Å². The number of nitrogens with zero attached hydrogens (tertiary/aromatic N) is 1. The summed E-state index contributed by atoms with van der Waals surface area (Å²) in [4.78, 5) is 3.88. The Bertz CT molecular complexity index is 454. The van der Waals surface area contributed by atoms with Crippen LogP contribution < -0.4 is 4.74 Å². The highest BCUT2D eigenvalue weighted by atomic mass is 35.5. The Kier molecular flexibility index (Phi) is 6.46. The highest BCUT2D eigenvalue weighted by Crippen LogP contribution is 2.14. The summed E-state index contributed by atoms with van der Waals surface area (Å²) < 4.78 is 44.9. The standard InChI is InChI=1S/C12H11ClF3NO2/c13-3-1-2-10-6-11(8-17-7-10)19-5-4-18-9-12(14,15)16/h6-8H,3-5,9H2. The van der Waals surface area contributed by atoms with Crippen molar-refractivity contribution in [2.24, 2.45) is 0 Å². The number of ether oxygens (including phenoxy) is 2. The van der Waals surface area contributed by atoms with Crippen LogP contribution in [0.1, 0.15) is 5.56 Å². The maximum absolute atomic E-state index is 11.8. The minimum Gasteiger partial charge on any atom is -0.490 e. The van der Waals surface area contributed by atoms with E-state index in [4.69, 9.17) is 16.3 Å². The van der Waals surface area contributed by atoms with Crippen LogP contribution >= 0.6 is 11.6 Å². The van der Waals surface area contributed by atoms with E-state index >= 15 is 0 Å². The number of aromatic nitrogens is 1. The summed E-state index contributed by atoms with van der Waals surface area (Å²) in [5.41, 5.74) is 0.620. The molecule has 1 rings (SSSR count). The van der Waals surface area contributed by atoms with Crippen molar-refractivity contribution < 1.29 is 22.6 Å². The molecule has 0 spiro atoms. The molecule has 104 valence electrons. The second-order valence-electron chi connectivity index (χ2n) is 3.36. The van der Waals surface area contributed by atoms with Crippen molar-refractivity contribution in [2.45, 2.75) is 6.18 Å². The van der Waals surface area contributed by atoms with Gasteiger partial charge in [-0.3, -0.25) is 4.98 Å². The number of pyridine rings is 1. The molecule has 0 radical (unpaired) electrons. The van der Waals surface area contributed by atoms with E-state index in [-0.39, 0.29) is 19.1 Å². The van der Waals surface area contributed by atoms with Crippen molar-refractivity contribution in [3.63, 3.8) is 0 Å². The Balaban J connectivity index is 2.33. The molecular weight excluding hydrogens is 283 g/mol. The van der Waals surface area contributed by atoms with Gasteiger partial charge in [0.25, 0.3) is 0 Å². The van der Waals surface area contributed by atoms with Crippen LogP contribution in [0.25, 0.3) is 0 Å². The van der Waals surface area contributed by atoms with Crippen LogP contribution in [0.4, 0.5) is 13.2 Å². The Hall–Kier alpha value is -1.45. The summed E-state index contributed by atoms with van der Waals surface area (Å²) in [7, 11) is 0. The van der Waals surface area contributed by atoms with E-state index in [0.29, 0.717) is 11.3 Å².